The maximum absolute atomic E-state index is 6.19. The van der Waals surface area contributed by atoms with Crippen LogP contribution in [0.25, 0.3) is 0 Å². The summed E-state index contributed by atoms with van der Waals surface area (Å²) in [5.74, 6) is 0. The van der Waals surface area contributed by atoms with E-state index in [1.165, 1.54) is 37.7 Å². The molecule has 2 rings (SSSR count). The monoisotopic (exact) mass is 360 g/mol. The Hall–Kier alpha value is 0.140. The van der Waals surface area contributed by atoms with E-state index in [0.29, 0.717) is 6.61 Å². The molecule has 0 spiro atoms. The fraction of sp³-hybridized carbons (Fsp3) is 0.571. The van der Waals surface area contributed by atoms with Crippen molar-refractivity contribution in [3.8, 4) is 0 Å². The third-order valence-corrected chi connectivity index (χ3v) is 4.96. The van der Waals surface area contributed by atoms with Crippen LogP contribution in [0.5, 0.6) is 0 Å². The van der Waals surface area contributed by atoms with Crippen LogP contribution in [0.2, 0.25) is 0 Å². The fourth-order valence-corrected chi connectivity index (χ4v) is 3.55. The van der Waals surface area contributed by atoms with Gasteiger partial charge < -0.3 is 4.74 Å². The molecule has 94 valence electrons. The molecule has 0 bridgehead atoms. The molecule has 0 atom stereocenters. The van der Waals surface area contributed by atoms with Gasteiger partial charge in [0.1, 0.15) is 0 Å². The van der Waals surface area contributed by atoms with E-state index < -0.39 is 0 Å². The third-order valence-electron chi connectivity index (χ3n) is 3.44. The van der Waals surface area contributed by atoms with Gasteiger partial charge in [-0.15, -0.1) is 0 Å². The van der Waals surface area contributed by atoms with Crippen LogP contribution in [0.1, 0.15) is 37.7 Å². The predicted molar refractivity (Wildman–Crippen MR) is 78.5 cm³/mol. The molecule has 0 saturated heterocycles. The molecule has 1 aliphatic rings. The highest BCUT2D eigenvalue weighted by atomic mass is 79.9. The molecule has 0 N–H and O–H groups in total. The topological polar surface area (TPSA) is 9.23 Å². The van der Waals surface area contributed by atoms with Crippen LogP contribution in [-0.2, 0) is 11.3 Å². The third kappa shape index (κ3) is 3.80. The zero-order chi connectivity index (χ0) is 12.1. The van der Waals surface area contributed by atoms with E-state index in [9.17, 15) is 0 Å². The summed E-state index contributed by atoms with van der Waals surface area (Å²) in [5.41, 5.74) is 1.31. The minimum absolute atomic E-state index is 0.0700. The summed E-state index contributed by atoms with van der Waals surface area (Å²) >= 11 is 7.12. The Morgan fingerprint density at radius 3 is 2.59 bits per heavy atom. The number of ether oxygens (including phenoxy) is 1. The van der Waals surface area contributed by atoms with Crippen LogP contribution in [0.4, 0.5) is 0 Å². The number of halogens is 2. The van der Waals surface area contributed by atoms with Crippen LogP contribution in [0.15, 0.2) is 28.7 Å². The molecule has 0 amide bonds. The average Bonchev–Trinajstić information content (AvgIpc) is 2.38. The molecule has 0 radical (unpaired) electrons. The van der Waals surface area contributed by atoms with Gasteiger partial charge in [-0.05, 0) is 30.5 Å². The first-order chi connectivity index (χ1) is 8.24. The first-order valence-corrected chi connectivity index (χ1v) is 8.10. The minimum atomic E-state index is 0.0700. The highest BCUT2D eigenvalue weighted by Gasteiger charge is 2.31. The Bertz CT molecular complexity index is 359. The zero-order valence-electron chi connectivity index (χ0n) is 9.92. The molecule has 1 aromatic rings. The lowest BCUT2D eigenvalue weighted by Gasteiger charge is -2.35. The van der Waals surface area contributed by atoms with E-state index in [2.05, 4.69) is 50.1 Å². The van der Waals surface area contributed by atoms with E-state index in [4.69, 9.17) is 4.74 Å². The van der Waals surface area contributed by atoms with Crippen molar-refractivity contribution in [3.63, 3.8) is 0 Å². The van der Waals surface area contributed by atoms with Gasteiger partial charge >= 0.3 is 0 Å². The van der Waals surface area contributed by atoms with Gasteiger partial charge in [0.25, 0.3) is 0 Å². The summed E-state index contributed by atoms with van der Waals surface area (Å²) in [4.78, 5) is 0. The Kier molecular flexibility index (Phi) is 5.07. The summed E-state index contributed by atoms with van der Waals surface area (Å²) in [7, 11) is 0. The highest BCUT2D eigenvalue weighted by Crippen LogP contribution is 2.34. The molecule has 0 aliphatic heterocycles. The van der Waals surface area contributed by atoms with E-state index in [1.54, 1.807) is 0 Å². The Morgan fingerprint density at radius 1 is 1.18 bits per heavy atom. The van der Waals surface area contributed by atoms with Crippen molar-refractivity contribution in [3.05, 3.63) is 34.3 Å². The van der Waals surface area contributed by atoms with Crippen LogP contribution in [0, 0.1) is 0 Å². The lowest BCUT2D eigenvalue weighted by molar-refractivity contribution is -0.0620. The molecule has 17 heavy (non-hydrogen) atoms. The van der Waals surface area contributed by atoms with Crippen molar-refractivity contribution in [2.24, 2.45) is 0 Å². The highest BCUT2D eigenvalue weighted by molar-refractivity contribution is 9.10. The second kappa shape index (κ2) is 6.35. The molecule has 0 aromatic heterocycles. The number of hydrogen-bond donors (Lipinski definition) is 0. The summed E-state index contributed by atoms with van der Waals surface area (Å²) < 4.78 is 7.31. The Morgan fingerprint density at radius 2 is 1.94 bits per heavy atom. The maximum atomic E-state index is 6.19. The van der Waals surface area contributed by atoms with Gasteiger partial charge in [0.05, 0.1) is 12.2 Å². The number of hydrogen-bond acceptors (Lipinski definition) is 1. The van der Waals surface area contributed by atoms with Gasteiger partial charge in [0.2, 0.25) is 0 Å². The van der Waals surface area contributed by atoms with E-state index in [0.717, 1.165) is 9.80 Å². The Labute approximate surface area is 120 Å². The summed E-state index contributed by atoms with van der Waals surface area (Å²) in [6.07, 6.45) is 6.32. The molecule has 1 aliphatic carbocycles. The zero-order valence-corrected chi connectivity index (χ0v) is 13.1. The van der Waals surface area contributed by atoms with E-state index >= 15 is 0 Å². The molecule has 3 heteroatoms. The van der Waals surface area contributed by atoms with Gasteiger partial charge in [-0.3, -0.25) is 0 Å². The normalized spacial score (nSPS) is 19.2. The lowest BCUT2D eigenvalue weighted by atomic mass is 9.86. The van der Waals surface area contributed by atoms with Gasteiger partial charge in [0, 0.05) is 9.80 Å². The van der Waals surface area contributed by atoms with Crippen molar-refractivity contribution < 1.29 is 4.74 Å². The summed E-state index contributed by atoms with van der Waals surface area (Å²) in [6, 6.07) is 8.36. The summed E-state index contributed by atoms with van der Waals surface area (Å²) in [5, 5.41) is 0.952. The molecule has 1 nitrogen and oxygen atoms in total. The average molecular weight is 362 g/mol. The van der Waals surface area contributed by atoms with Crippen molar-refractivity contribution in [2.45, 2.75) is 44.3 Å². The molecule has 0 heterocycles. The van der Waals surface area contributed by atoms with Crippen molar-refractivity contribution in [2.75, 3.05) is 5.33 Å². The molecule has 0 unspecified atom stereocenters. The number of rotatable bonds is 4. The van der Waals surface area contributed by atoms with Gasteiger partial charge in [-0.25, -0.2) is 0 Å². The fourth-order valence-electron chi connectivity index (χ4n) is 2.38. The predicted octanol–water partition coefficient (Wildman–Crippen LogP) is 5.06. The number of alkyl halides is 1. The molecular weight excluding hydrogens is 344 g/mol. The Balaban J connectivity index is 1.95. The lowest BCUT2D eigenvalue weighted by Crippen LogP contribution is -2.36. The van der Waals surface area contributed by atoms with Gasteiger partial charge in [0.15, 0.2) is 0 Å². The SMILES string of the molecule is BrCC1(OCc2cccc(Br)c2)CCCCC1. The molecule has 1 saturated carbocycles. The molecular formula is C14H18Br2O. The van der Waals surface area contributed by atoms with E-state index in [-0.39, 0.29) is 5.60 Å². The van der Waals surface area contributed by atoms with Crippen LogP contribution >= 0.6 is 31.9 Å². The van der Waals surface area contributed by atoms with Crippen molar-refractivity contribution in [1.29, 1.82) is 0 Å². The van der Waals surface area contributed by atoms with Crippen LogP contribution in [0.3, 0.4) is 0 Å². The minimum Gasteiger partial charge on any atom is -0.369 e. The van der Waals surface area contributed by atoms with Crippen molar-refractivity contribution in [1.82, 2.24) is 0 Å². The molecule has 1 aromatic carbocycles. The first-order valence-electron chi connectivity index (χ1n) is 6.18. The smallest absolute Gasteiger partial charge is 0.0783 e. The standard InChI is InChI=1S/C14H18Br2O/c15-11-14(7-2-1-3-8-14)17-10-12-5-4-6-13(16)9-12/h4-6,9H,1-3,7-8,10-11H2. The van der Waals surface area contributed by atoms with Crippen LogP contribution in [-0.4, -0.2) is 10.9 Å². The second-order valence-corrected chi connectivity index (χ2v) is 6.27. The second-order valence-electron chi connectivity index (χ2n) is 4.80. The number of benzene rings is 1. The molecule has 1 fully saturated rings. The summed E-state index contributed by atoms with van der Waals surface area (Å²) in [6.45, 7) is 0.713. The van der Waals surface area contributed by atoms with Crippen LogP contribution < -0.4 is 0 Å². The van der Waals surface area contributed by atoms with E-state index in [1.807, 2.05) is 6.07 Å². The maximum Gasteiger partial charge on any atom is 0.0783 e. The quantitative estimate of drug-likeness (QED) is 0.680. The van der Waals surface area contributed by atoms with Gasteiger partial charge in [-0.2, -0.15) is 0 Å². The van der Waals surface area contributed by atoms with Gasteiger partial charge in [-0.1, -0.05) is 63.3 Å². The van der Waals surface area contributed by atoms with Crippen molar-refractivity contribution >= 4 is 31.9 Å². The largest absolute Gasteiger partial charge is 0.369 e. The first kappa shape index (κ1) is 13.6.